The number of benzene rings is 1. The quantitative estimate of drug-likeness (QED) is 0.886. The van der Waals surface area contributed by atoms with Gasteiger partial charge in [0.15, 0.2) is 0 Å². The number of nitrogens with zero attached hydrogens (tertiary/aromatic N) is 4. The summed E-state index contributed by atoms with van der Waals surface area (Å²) in [4.78, 5) is 0. The van der Waals surface area contributed by atoms with Gasteiger partial charge in [-0.1, -0.05) is 13.8 Å². The van der Waals surface area contributed by atoms with Crippen LogP contribution in [0.1, 0.15) is 47.5 Å². The molecule has 1 aromatic heterocycles. The van der Waals surface area contributed by atoms with Gasteiger partial charge >= 0.3 is 0 Å². The molecule has 0 spiro atoms. The molecule has 1 heterocycles. The minimum Gasteiger partial charge on any atom is -0.329 e. The van der Waals surface area contributed by atoms with Crippen LogP contribution in [0.5, 0.6) is 0 Å². The predicted octanol–water partition coefficient (Wildman–Crippen LogP) is 2.30. The maximum atomic E-state index is 9.13. The van der Waals surface area contributed by atoms with Gasteiger partial charge in [-0.05, 0) is 36.6 Å². The third-order valence-electron chi connectivity index (χ3n) is 3.89. The fraction of sp³-hybridized carbons (Fsp3) is 0.389. The number of rotatable bonds is 6. The van der Waals surface area contributed by atoms with E-state index in [4.69, 9.17) is 16.3 Å². The molecule has 5 heteroatoms. The zero-order chi connectivity index (χ0) is 16.8. The van der Waals surface area contributed by atoms with Gasteiger partial charge in [-0.2, -0.15) is 15.6 Å². The highest BCUT2D eigenvalue weighted by Gasteiger charge is 2.16. The molecule has 0 unspecified atom stereocenters. The summed E-state index contributed by atoms with van der Waals surface area (Å²) < 4.78 is 1.99. The minimum absolute atomic E-state index is 0.518. The Hall–Kier alpha value is -2.63. The first-order chi connectivity index (χ1) is 11.2. The van der Waals surface area contributed by atoms with Gasteiger partial charge in [0.1, 0.15) is 0 Å². The first-order valence-corrected chi connectivity index (χ1v) is 7.88. The molecule has 0 aliphatic heterocycles. The molecule has 1 aromatic carbocycles. The smallest absolute Gasteiger partial charge is 0.0992 e. The summed E-state index contributed by atoms with van der Waals surface area (Å²) in [5.74, 6) is 0. The summed E-state index contributed by atoms with van der Waals surface area (Å²) in [5.41, 5.74) is 11.1. The van der Waals surface area contributed by atoms with Gasteiger partial charge in [0.2, 0.25) is 0 Å². The van der Waals surface area contributed by atoms with Crippen LogP contribution >= 0.6 is 0 Å². The van der Waals surface area contributed by atoms with Crippen LogP contribution in [0.2, 0.25) is 0 Å². The van der Waals surface area contributed by atoms with Crippen LogP contribution in [0.4, 0.5) is 0 Å². The lowest BCUT2D eigenvalue weighted by Gasteiger charge is -2.08. The second-order valence-electron chi connectivity index (χ2n) is 5.41. The average molecular weight is 307 g/mol. The first kappa shape index (κ1) is 16.7. The molecule has 0 aliphatic rings. The number of aromatic nitrogens is 2. The molecule has 0 atom stereocenters. The standard InChI is InChI=1S/C18H21N5/c1-3-17-16(18(4-2)23(22-17)6-5-19)10-13-7-14(11-20)9-15(8-13)12-21/h7-9H,3-6,10,19H2,1-2H3. The summed E-state index contributed by atoms with van der Waals surface area (Å²) in [5, 5.41) is 22.9. The van der Waals surface area contributed by atoms with E-state index < -0.39 is 0 Å². The van der Waals surface area contributed by atoms with Crippen LogP contribution < -0.4 is 5.73 Å². The third-order valence-corrected chi connectivity index (χ3v) is 3.89. The van der Waals surface area contributed by atoms with E-state index in [1.54, 1.807) is 6.07 Å². The van der Waals surface area contributed by atoms with Gasteiger partial charge in [0, 0.05) is 24.2 Å². The summed E-state index contributed by atoms with van der Waals surface area (Å²) in [6.07, 6.45) is 2.41. The minimum atomic E-state index is 0.518. The van der Waals surface area contributed by atoms with E-state index in [0.29, 0.717) is 30.6 Å². The van der Waals surface area contributed by atoms with E-state index >= 15 is 0 Å². The van der Waals surface area contributed by atoms with E-state index in [9.17, 15) is 0 Å². The van der Waals surface area contributed by atoms with Gasteiger partial charge in [0.05, 0.1) is 35.5 Å². The molecule has 0 aliphatic carbocycles. The maximum Gasteiger partial charge on any atom is 0.0992 e. The molecule has 5 nitrogen and oxygen atoms in total. The zero-order valence-corrected chi connectivity index (χ0v) is 13.6. The SMILES string of the molecule is CCc1nn(CCN)c(CC)c1Cc1cc(C#N)cc(C#N)c1. The Balaban J connectivity index is 2.47. The maximum absolute atomic E-state index is 9.13. The molecule has 0 saturated heterocycles. The van der Waals surface area contributed by atoms with Crippen LogP contribution in [0.15, 0.2) is 18.2 Å². The van der Waals surface area contributed by atoms with Crippen molar-refractivity contribution in [2.75, 3.05) is 6.54 Å². The lowest BCUT2D eigenvalue weighted by atomic mass is 9.97. The van der Waals surface area contributed by atoms with Crippen LogP contribution in [-0.4, -0.2) is 16.3 Å². The van der Waals surface area contributed by atoms with Gasteiger partial charge in [0.25, 0.3) is 0 Å². The van der Waals surface area contributed by atoms with Crippen molar-refractivity contribution >= 4 is 0 Å². The van der Waals surface area contributed by atoms with Crippen molar-refractivity contribution in [2.24, 2.45) is 5.73 Å². The second kappa shape index (κ2) is 7.58. The monoisotopic (exact) mass is 307 g/mol. The van der Waals surface area contributed by atoms with Crippen molar-refractivity contribution in [1.82, 2.24) is 9.78 Å². The highest BCUT2D eigenvalue weighted by molar-refractivity contribution is 5.45. The van der Waals surface area contributed by atoms with Crippen LogP contribution in [-0.2, 0) is 25.8 Å². The highest BCUT2D eigenvalue weighted by atomic mass is 15.3. The van der Waals surface area contributed by atoms with E-state index in [-0.39, 0.29) is 0 Å². The Morgan fingerprint density at radius 1 is 1.09 bits per heavy atom. The number of nitriles is 2. The van der Waals surface area contributed by atoms with Crippen molar-refractivity contribution in [3.8, 4) is 12.1 Å². The molecule has 0 amide bonds. The van der Waals surface area contributed by atoms with Crippen molar-refractivity contribution in [3.05, 3.63) is 51.8 Å². The average Bonchev–Trinajstić information content (AvgIpc) is 2.91. The van der Waals surface area contributed by atoms with Crippen molar-refractivity contribution in [2.45, 2.75) is 39.7 Å². The lowest BCUT2D eigenvalue weighted by molar-refractivity contribution is 0.589. The number of nitrogens with two attached hydrogens (primary N) is 1. The molecule has 23 heavy (non-hydrogen) atoms. The van der Waals surface area contributed by atoms with Gasteiger partial charge in [-0.3, -0.25) is 4.68 Å². The van der Waals surface area contributed by atoms with Gasteiger partial charge in [-0.25, -0.2) is 0 Å². The lowest BCUT2D eigenvalue weighted by Crippen LogP contribution is -2.13. The van der Waals surface area contributed by atoms with Crippen LogP contribution in [0, 0.1) is 22.7 Å². The fourth-order valence-electron chi connectivity index (χ4n) is 2.91. The first-order valence-electron chi connectivity index (χ1n) is 7.88. The van der Waals surface area contributed by atoms with Crippen LogP contribution in [0.3, 0.4) is 0 Å². The topological polar surface area (TPSA) is 91.4 Å². The van der Waals surface area contributed by atoms with Crippen molar-refractivity contribution in [1.29, 1.82) is 10.5 Å². The molecular weight excluding hydrogens is 286 g/mol. The number of aryl methyl sites for hydroxylation is 1. The Kier molecular flexibility index (Phi) is 5.51. The molecular formula is C18H21N5. The third kappa shape index (κ3) is 3.59. The van der Waals surface area contributed by atoms with E-state index in [1.165, 1.54) is 11.3 Å². The summed E-state index contributed by atoms with van der Waals surface area (Å²) >= 11 is 0. The van der Waals surface area contributed by atoms with E-state index in [2.05, 4.69) is 31.1 Å². The van der Waals surface area contributed by atoms with Crippen LogP contribution in [0.25, 0.3) is 0 Å². The van der Waals surface area contributed by atoms with E-state index in [1.807, 2.05) is 16.8 Å². The number of hydrogen-bond donors (Lipinski definition) is 1. The Bertz CT molecular complexity index is 742. The molecule has 2 rings (SSSR count). The molecule has 0 bridgehead atoms. The summed E-state index contributed by atoms with van der Waals surface area (Å²) in [7, 11) is 0. The molecule has 2 aromatic rings. The Labute approximate surface area is 137 Å². The van der Waals surface area contributed by atoms with Crippen molar-refractivity contribution < 1.29 is 0 Å². The largest absolute Gasteiger partial charge is 0.329 e. The zero-order valence-electron chi connectivity index (χ0n) is 13.6. The summed E-state index contributed by atoms with van der Waals surface area (Å²) in [6, 6.07) is 9.55. The Morgan fingerprint density at radius 3 is 2.22 bits per heavy atom. The highest BCUT2D eigenvalue weighted by Crippen LogP contribution is 2.22. The Morgan fingerprint density at radius 2 is 1.74 bits per heavy atom. The van der Waals surface area contributed by atoms with Gasteiger partial charge < -0.3 is 5.73 Å². The molecule has 0 saturated carbocycles. The van der Waals surface area contributed by atoms with Crippen molar-refractivity contribution in [3.63, 3.8) is 0 Å². The molecule has 0 fully saturated rings. The normalized spacial score (nSPS) is 10.3. The predicted molar refractivity (Wildman–Crippen MR) is 88.7 cm³/mol. The number of hydrogen-bond acceptors (Lipinski definition) is 4. The van der Waals surface area contributed by atoms with Gasteiger partial charge in [-0.15, -0.1) is 0 Å². The fourth-order valence-corrected chi connectivity index (χ4v) is 2.91. The molecule has 2 N–H and O–H groups in total. The molecule has 118 valence electrons. The summed E-state index contributed by atoms with van der Waals surface area (Å²) in [6.45, 7) is 5.46. The second-order valence-corrected chi connectivity index (χ2v) is 5.41. The van der Waals surface area contributed by atoms with E-state index in [0.717, 1.165) is 24.1 Å². The molecule has 0 radical (unpaired) electrons.